The number of imide groups is 1. The molecular weight excluding hydrogens is 735 g/mol. The minimum absolute atomic E-state index is 0.110. The van der Waals surface area contributed by atoms with Crippen LogP contribution < -0.4 is 14.8 Å². The van der Waals surface area contributed by atoms with E-state index in [4.69, 9.17) is 14.2 Å². The molecule has 8 rings (SSSR count). The molecular formula is C43H41N3O9S. The molecule has 288 valence electrons. The van der Waals surface area contributed by atoms with Gasteiger partial charge >= 0.3 is 5.97 Å². The van der Waals surface area contributed by atoms with Crippen LogP contribution in [-0.2, 0) is 32.3 Å². The number of phenolic OH excluding ortho intramolecular Hbond substituents is 2. The van der Waals surface area contributed by atoms with E-state index < -0.39 is 11.9 Å². The number of hydrogen-bond donors (Lipinski definition) is 3. The number of piperidine rings is 2. The molecule has 4 heterocycles. The first-order valence-electron chi connectivity index (χ1n) is 18.8. The summed E-state index contributed by atoms with van der Waals surface area (Å²) in [6.07, 6.45) is 2.64. The molecule has 0 spiro atoms. The first-order valence-corrected chi connectivity index (χ1v) is 19.6. The van der Waals surface area contributed by atoms with Crippen LogP contribution in [0.2, 0.25) is 0 Å². The first kappa shape index (κ1) is 37.0. The number of amides is 3. The maximum absolute atomic E-state index is 13.0. The number of thiophene rings is 1. The van der Waals surface area contributed by atoms with E-state index in [1.165, 1.54) is 16.2 Å². The fourth-order valence-electron chi connectivity index (χ4n) is 7.57. The Kier molecular flexibility index (Phi) is 10.6. The van der Waals surface area contributed by atoms with Crippen LogP contribution in [0.3, 0.4) is 0 Å². The minimum Gasteiger partial charge on any atom is -0.508 e. The van der Waals surface area contributed by atoms with Crippen molar-refractivity contribution in [2.75, 3.05) is 26.2 Å². The average molecular weight is 776 g/mol. The van der Waals surface area contributed by atoms with Gasteiger partial charge in [0, 0.05) is 41.6 Å². The van der Waals surface area contributed by atoms with Gasteiger partial charge in [-0.1, -0.05) is 6.07 Å². The summed E-state index contributed by atoms with van der Waals surface area (Å²) in [6, 6.07) is 24.3. The van der Waals surface area contributed by atoms with Crippen molar-refractivity contribution in [3.05, 3.63) is 102 Å². The van der Waals surface area contributed by atoms with Crippen molar-refractivity contribution in [2.45, 2.75) is 51.3 Å². The maximum Gasteiger partial charge on any atom is 0.306 e. The van der Waals surface area contributed by atoms with Crippen LogP contribution in [0.4, 0.5) is 0 Å². The zero-order valence-electron chi connectivity index (χ0n) is 30.6. The molecule has 3 N–H and O–H groups in total. The topological polar surface area (TPSA) is 155 Å². The lowest BCUT2D eigenvalue weighted by Gasteiger charge is -2.31. The van der Waals surface area contributed by atoms with E-state index in [1.807, 2.05) is 48.5 Å². The number of benzene rings is 4. The maximum atomic E-state index is 13.0. The number of esters is 1. The SMILES string of the molecule is O=C1CCC(N2Cc3cc(COC(=O)CC4CCN(CCOc5ccc(Oc6c(-c7ccc(O)cc7)sc7cc(O)ccc67)cc5)CC4)ccc3C2=O)C(=O)N1. The molecule has 1 unspecified atom stereocenters. The number of fused-ring (bicyclic) bond motifs is 2. The highest BCUT2D eigenvalue weighted by Crippen LogP contribution is 2.47. The van der Waals surface area contributed by atoms with Gasteiger partial charge in [0.15, 0.2) is 5.75 Å². The predicted molar refractivity (Wildman–Crippen MR) is 209 cm³/mol. The Balaban J connectivity index is 0.764. The van der Waals surface area contributed by atoms with Crippen molar-refractivity contribution in [1.82, 2.24) is 15.1 Å². The van der Waals surface area contributed by atoms with Gasteiger partial charge in [0.05, 0.1) is 4.88 Å². The molecule has 0 aliphatic carbocycles. The number of nitrogens with zero attached hydrogens (tertiary/aromatic N) is 2. The zero-order chi connectivity index (χ0) is 38.8. The fraction of sp³-hybridized carbons (Fsp3) is 0.302. The second kappa shape index (κ2) is 16.0. The summed E-state index contributed by atoms with van der Waals surface area (Å²) in [6.45, 7) is 3.41. The molecule has 56 heavy (non-hydrogen) atoms. The van der Waals surface area contributed by atoms with E-state index in [9.17, 15) is 29.4 Å². The summed E-state index contributed by atoms with van der Waals surface area (Å²) in [4.78, 5) is 54.3. The smallest absolute Gasteiger partial charge is 0.306 e. The van der Waals surface area contributed by atoms with Crippen LogP contribution in [0.15, 0.2) is 84.9 Å². The Bertz CT molecular complexity index is 2280. The van der Waals surface area contributed by atoms with E-state index in [0.717, 1.165) is 69.9 Å². The molecule has 1 atom stereocenters. The molecule has 4 aromatic carbocycles. The normalized spacial score (nSPS) is 17.5. The van der Waals surface area contributed by atoms with E-state index in [2.05, 4.69) is 10.2 Å². The van der Waals surface area contributed by atoms with Gasteiger partial charge in [-0.15, -0.1) is 11.3 Å². The lowest BCUT2D eigenvalue weighted by Crippen LogP contribution is -2.52. The van der Waals surface area contributed by atoms with Crippen molar-refractivity contribution in [3.8, 4) is 39.2 Å². The fourth-order valence-corrected chi connectivity index (χ4v) is 8.74. The first-order chi connectivity index (χ1) is 27.2. The molecule has 0 saturated carbocycles. The van der Waals surface area contributed by atoms with Gasteiger partial charge in [0.1, 0.15) is 42.3 Å². The van der Waals surface area contributed by atoms with Crippen LogP contribution >= 0.6 is 11.3 Å². The van der Waals surface area contributed by atoms with Crippen molar-refractivity contribution in [1.29, 1.82) is 0 Å². The molecule has 2 saturated heterocycles. The largest absolute Gasteiger partial charge is 0.508 e. The standard InChI is InChI=1S/C43H41N3O9S/c47-30-4-2-28(3-5-30)41-40(35-12-6-31(48)23-37(35)56-41)55-33-9-7-32(8-10-33)53-20-19-45-17-15-26(16-18-45)22-39(50)54-25-27-1-11-34-29(21-27)24-46(43(34)52)36-13-14-38(49)44-42(36)51/h1-12,21,23,26,36,47-48H,13-20,22,24-25H2,(H,44,49,51). The molecule has 3 aliphatic heterocycles. The molecule has 0 bridgehead atoms. The second-order valence-corrected chi connectivity index (χ2v) is 15.5. The summed E-state index contributed by atoms with van der Waals surface area (Å²) in [5.74, 6) is 1.43. The Morgan fingerprint density at radius 1 is 0.857 bits per heavy atom. The number of carbonyl (C=O) groups is 4. The number of phenols is 2. The van der Waals surface area contributed by atoms with Crippen molar-refractivity contribution < 1.29 is 43.6 Å². The van der Waals surface area contributed by atoms with Crippen LogP contribution in [-0.4, -0.2) is 76.0 Å². The summed E-state index contributed by atoms with van der Waals surface area (Å²) in [7, 11) is 0. The van der Waals surface area contributed by atoms with Crippen molar-refractivity contribution in [3.63, 3.8) is 0 Å². The molecule has 13 heteroatoms. The highest BCUT2D eigenvalue weighted by atomic mass is 32.1. The predicted octanol–water partition coefficient (Wildman–Crippen LogP) is 6.76. The number of aromatic hydroxyl groups is 2. The lowest BCUT2D eigenvalue weighted by atomic mass is 9.93. The minimum atomic E-state index is -0.669. The van der Waals surface area contributed by atoms with E-state index >= 15 is 0 Å². The molecule has 12 nitrogen and oxygen atoms in total. The molecule has 2 fully saturated rings. The van der Waals surface area contributed by atoms with Gasteiger partial charge in [-0.05, 0) is 134 Å². The van der Waals surface area contributed by atoms with Crippen molar-refractivity contribution in [2.24, 2.45) is 5.92 Å². The summed E-state index contributed by atoms with van der Waals surface area (Å²) < 4.78 is 19.0. The second-order valence-electron chi connectivity index (χ2n) is 14.5. The third-order valence-corrected chi connectivity index (χ3v) is 11.8. The molecule has 1 aromatic heterocycles. The number of hydrogen-bond acceptors (Lipinski definition) is 11. The van der Waals surface area contributed by atoms with Gasteiger partial charge in [-0.25, -0.2) is 0 Å². The molecule has 3 aliphatic rings. The number of rotatable bonds is 12. The number of nitrogens with one attached hydrogen (secondary N) is 1. The highest BCUT2D eigenvalue weighted by Gasteiger charge is 2.39. The van der Waals surface area contributed by atoms with Crippen LogP contribution in [0.1, 0.15) is 53.6 Å². The van der Waals surface area contributed by atoms with Gasteiger partial charge in [0.25, 0.3) is 5.91 Å². The van der Waals surface area contributed by atoms with E-state index in [-0.39, 0.29) is 54.8 Å². The molecule has 3 amide bonds. The van der Waals surface area contributed by atoms with Gasteiger partial charge in [-0.3, -0.25) is 29.4 Å². The summed E-state index contributed by atoms with van der Waals surface area (Å²) >= 11 is 1.51. The zero-order valence-corrected chi connectivity index (χ0v) is 31.4. The summed E-state index contributed by atoms with van der Waals surface area (Å²) in [5.41, 5.74) is 2.99. The molecule has 0 radical (unpaired) electrons. The number of likely N-dealkylation sites (tertiary alicyclic amines) is 1. The number of carbonyl (C=O) groups excluding carboxylic acids is 4. The lowest BCUT2D eigenvalue weighted by molar-refractivity contribution is -0.146. The third-order valence-electron chi connectivity index (χ3n) is 10.6. The third kappa shape index (κ3) is 8.19. The molecule has 5 aromatic rings. The van der Waals surface area contributed by atoms with Gasteiger partial charge in [-0.2, -0.15) is 0 Å². The van der Waals surface area contributed by atoms with Gasteiger partial charge in [0.2, 0.25) is 11.8 Å². The average Bonchev–Trinajstić information content (AvgIpc) is 3.71. The highest BCUT2D eigenvalue weighted by molar-refractivity contribution is 7.22. The monoisotopic (exact) mass is 775 g/mol. The Morgan fingerprint density at radius 3 is 2.38 bits per heavy atom. The van der Waals surface area contributed by atoms with Crippen LogP contribution in [0, 0.1) is 5.92 Å². The summed E-state index contributed by atoms with van der Waals surface area (Å²) in [5, 5.41) is 23.0. The Morgan fingerprint density at radius 2 is 1.61 bits per heavy atom. The van der Waals surface area contributed by atoms with E-state index in [0.29, 0.717) is 36.5 Å². The quantitative estimate of drug-likeness (QED) is 0.0915. The number of ether oxygens (including phenoxy) is 3. The Hall–Kier alpha value is -5.92. The van der Waals surface area contributed by atoms with E-state index in [1.54, 1.807) is 36.4 Å². The van der Waals surface area contributed by atoms with Gasteiger partial charge < -0.3 is 29.3 Å². The van der Waals surface area contributed by atoms with Crippen LogP contribution in [0.25, 0.3) is 20.5 Å². The Labute approximate surface area is 327 Å². The van der Waals surface area contributed by atoms with Crippen LogP contribution in [0.5, 0.6) is 28.7 Å². The van der Waals surface area contributed by atoms with Crippen molar-refractivity contribution >= 4 is 45.1 Å².